The van der Waals surface area contributed by atoms with Crippen LogP contribution in [0.3, 0.4) is 0 Å². The predicted molar refractivity (Wildman–Crippen MR) is 61.2 cm³/mol. The molecule has 15 heavy (non-hydrogen) atoms. The Balaban J connectivity index is 1.97. The van der Waals surface area contributed by atoms with E-state index in [4.69, 9.17) is 16.0 Å². The van der Waals surface area contributed by atoms with Gasteiger partial charge in [0.1, 0.15) is 0 Å². The zero-order valence-corrected chi connectivity index (χ0v) is 10.3. The van der Waals surface area contributed by atoms with Crippen LogP contribution in [0.4, 0.5) is 0 Å². The van der Waals surface area contributed by atoms with E-state index in [2.05, 4.69) is 21.2 Å². The predicted octanol–water partition coefficient (Wildman–Crippen LogP) is 2.93. The molecular weight excluding hydrogens is 281 g/mol. The van der Waals surface area contributed by atoms with Crippen LogP contribution in [-0.2, 0) is 0 Å². The molecule has 0 bridgehead atoms. The lowest BCUT2D eigenvalue weighted by molar-refractivity contribution is 0.0909. The van der Waals surface area contributed by atoms with Crippen LogP contribution < -0.4 is 5.32 Å². The summed E-state index contributed by atoms with van der Waals surface area (Å²) in [6, 6.07) is 3.40. The van der Waals surface area contributed by atoms with Crippen molar-refractivity contribution in [3.05, 3.63) is 22.6 Å². The van der Waals surface area contributed by atoms with Crippen LogP contribution in [0, 0.1) is 0 Å². The average molecular weight is 293 g/mol. The Hall–Kier alpha value is -0.480. The third-order valence-electron chi connectivity index (χ3n) is 2.55. The molecular formula is C10H11BrClNO2. The largest absolute Gasteiger partial charge is 0.444 e. The second-order valence-corrected chi connectivity index (χ2v) is 4.97. The Morgan fingerprint density at radius 2 is 2.33 bits per heavy atom. The van der Waals surface area contributed by atoms with Crippen LogP contribution >= 0.6 is 27.5 Å². The third kappa shape index (κ3) is 2.55. The normalized spacial score (nSPS) is 25.5. The summed E-state index contributed by atoms with van der Waals surface area (Å²) in [6.45, 7) is 0. The maximum Gasteiger partial charge on any atom is 0.287 e. The summed E-state index contributed by atoms with van der Waals surface area (Å²) in [5, 5.41) is 2.92. The highest BCUT2D eigenvalue weighted by molar-refractivity contribution is 9.10. The fourth-order valence-corrected chi connectivity index (χ4v) is 2.40. The fraction of sp³-hybridized carbons (Fsp3) is 0.500. The van der Waals surface area contributed by atoms with E-state index in [1.165, 1.54) is 0 Å². The minimum atomic E-state index is -0.196. The summed E-state index contributed by atoms with van der Waals surface area (Å²) >= 11 is 9.21. The first-order valence-electron chi connectivity index (χ1n) is 4.87. The standard InChI is InChI=1S/C10H11BrClNO2/c11-9-5-4-8(15-9)10(14)13-7-3-1-2-6(7)12/h4-7H,1-3H2,(H,13,14). The maximum absolute atomic E-state index is 11.7. The molecule has 1 aliphatic rings. The van der Waals surface area contributed by atoms with Crippen LogP contribution in [-0.4, -0.2) is 17.3 Å². The number of rotatable bonds is 2. The number of carbonyl (C=O) groups is 1. The van der Waals surface area contributed by atoms with E-state index >= 15 is 0 Å². The molecule has 82 valence electrons. The lowest BCUT2D eigenvalue weighted by Crippen LogP contribution is -2.37. The first-order valence-corrected chi connectivity index (χ1v) is 6.10. The highest BCUT2D eigenvalue weighted by atomic mass is 79.9. The second-order valence-electron chi connectivity index (χ2n) is 3.63. The lowest BCUT2D eigenvalue weighted by atomic mass is 10.2. The number of hydrogen-bond donors (Lipinski definition) is 1. The van der Waals surface area contributed by atoms with Crippen LogP contribution in [0.2, 0.25) is 0 Å². The molecule has 5 heteroatoms. The Labute approximate surface area is 101 Å². The molecule has 1 aromatic heterocycles. The molecule has 1 fully saturated rings. The van der Waals surface area contributed by atoms with Gasteiger partial charge in [0.2, 0.25) is 0 Å². The fourth-order valence-electron chi connectivity index (χ4n) is 1.75. The summed E-state index contributed by atoms with van der Waals surface area (Å²) in [5.41, 5.74) is 0. The Morgan fingerprint density at radius 1 is 1.53 bits per heavy atom. The molecule has 3 nitrogen and oxygen atoms in total. The number of amides is 1. The lowest BCUT2D eigenvalue weighted by Gasteiger charge is -2.14. The average Bonchev–Trinajstić information content (AvgIpc) is 2.77. The molecule has 1 aromatic rings. The van der Waals surface area contributed by atoms with Crippen molar-refractivity contribution >= 4 is 33.4 Å². The van der Waals surface area contributed by atoms with Crippen molar-refractivity contribution < 1.29 is 9.21 Å². The van der Waals surface area contributed by atoms with Crippen molar-refractivity contribution in [2.75, 3.05) is 0 Å². The Morgan fingerprint density at radius 3 is 2.87 bits per heavy atom. The van der Waals surface area contributed by atoms with Gasteiger partial charge in [-0.2, -0.15) is 0 Å². The summed E-state index contributed by atoms with van der Waals surface area (Å²) in [7, 11) is 0. The van der Waals surface area contributed by atoms with Crippen molar-refractivity contribution in [1.29, 1.82) is 0 Å². The van der Waals surface area contributed by atoms with Gasteiger partial charge in [-0.15, -0.1) is 11.6 Å². The molecule has 2 unspecified atom stereocenters. The first-order chi connectivity index (χ1) is 7.16. The van der Waals surface area contributed by atoms with Gasteiger partial charge in [-0.05, 0) is 47.3 Å². The molecule has 2 rings (SSSR count). The number of carbonyl (C=O) groups excluding carboxylic acids is 1. The molecule has 1 saturated carbocycles. The van der Waals surface area contributed by atoms with Gasteiger partial charge in [0.15, 0.2) is 10.4 Å². The highest BCUT2D eigenvalue weighted by Gasteiger charge is 2.27. The molecule has 1 amide bonds. The van der Waals surface area contributed by atoms with Gasteiger partial charge in [-0.1, -0.05) is 0 Å². The quantitative estimate of drug-likeness (QED) is 0.852. The van der Waals surface area contributed by atoms with Gasteiger partial charge in [-0.3, -0.25) is 4.79 Å². The molecule has 1 N–H and O–H groups in total. The first kappa shape index (κ1) is 11.0. The van der Waals surface area contributed by atoms with Gasteiger partial charge >= 0.3 is 0 Å². The highest BCUT2D eigenvalue weighted by Crippen LogP contribution is 2.24. The van der Waals surface area contributed by atoms with Crippen LogP contribution in [0.1, 0.15) is 29.8 Å². The van der Waals surface area contributed by atoms with E-state index in [0.29, 0.717) is 10.4 Å². The van der Waals surface area contributed by atoms with Crippen molar-refractivity contribution in [3.8, 4) is 0 Å². The van der Waals surface area contributed by atoms with Gasteiger partial charge < -0.3 is 9.73 Å². The molecule has 0 aromatic carbocycles. The van der Waals surface area contributed by atoms with Crippen molar-refractivity contribution in [3.63, 3.8) is 0 Å². The minimum absolute atomic E-state index is 0.0485. The molecule has 0 spiro atoms. The van der Waals surface area contributed by atoms with Crippen molar-refractivity contribution in [2.45, 2.75) is 30.7 Å². The number of halogens is 2. The maximum atomic E-state index is 11.7. The smallest absolute Gasteiger partial charge is 0.287 e. The number of hydrogen-bond acceptors (Lipinski definition) is 2. The SMILES string of the molecule is O=C(NC1CCCC1Cl)c1ccc(Br)o1. The minimum Gasteiger partial charge on any atom is -0.444 e. The van der Waals surface area contributed by atoms with E-state index in [9.17, 15) is 4.79 Å². The van der Waals surface area contributed by atoms with Gasteiger partial charge in [0, 0.05) is 6.04 Å². The number of alkyl halides is 1. The van der Waals surface area contributed by atoms with E-state index in [1.807, 2.05) is 0 Å². The van der Waals surface area contributed by atoms with Gasteiger partial charge in [0.25, 0.3) is 5.91 Å². The topological polar surface area (TPSA) is 42.2 Å². The molecule has 1 heterocycles. The molecule has 2 atom stereocenters. The molecule has 0 radical (unpaired) electrons. The van der Waals surface area contributed by atoms with E-state index in [-0.39, 0.29) is 17.3 Å². The molecule has 0 aliphatic heterocycles. The van der Waals surface area contributed by atoms with Crippen LogP contribution in [0.25, 0.3) is 0 Å². The monoisotopic (exact) mass is 291 g/mol. The van der Waals surface area contributed by atoms with Crippen molar-refractivity contribution in [1.82, 2.24) is 5.32 Å². The van der Waals surface area contributed by atoms with Gasteiger partial charge in [-0.25, -0.2) is 0 Å². The summed E-state index contributed by atoms with van der Waals surface area (Å²) < 4.78 is 5.71. The summed E-state index contributed by atoms with van der Waals surface area (Å²) in [6.07, 6.45) is 2.98. The summed E-state index contributed by atoms with van der Waals surface area (Å²) in [4.78, 5) is 11.7. The summed E-state index contributed by atoms with van der Waals surface area (Å²) in [5.74, 6) is 0.121. The Bertz CT molecular complexity index is 366. The van der Waals surface area contributed by atoms with Crippen LogP contribution in [0.5, 0.6) is 0 Å². The number of nitrogens with one attached hydrogen (secondary N) is 1. The van der Waals surface area contributed by atoms with E-state index < -0.39 is 0 Å². The zero-order chi connectivity index (χ0) is 10.8. The third-order valence-corrected chi connectivity index (χ3v) is 3.49. The molecule has 1 aliphatic carbocycles. The molecule has 0 saturated heterocycles. The van der Waals surface area contributed by atoms with E-state index in [1.54, 1.807) is 12.1 Å². The van der Waals surface area contributed by atoms with Crippen molar-refractivity contribution in [2.24, 2.45) is 0 Å². The van der Waals surface area contributed by atoms with Gasteiger partial charge in [0.05, 0.1) is 5.38 Å². The number of furan rings is 1. The van der Waals surface area contributed by atoms with E-state index in [0.717, 1.165) is 19.3 Å². The zero-order valence-electron chi connectivity index (χ0n) is 8.00. The van der Waals surface area contributed by atoms with Crippen LogP contribution in [0.15, 0.2) is 21.2 Å². The second kappa shape index (κ2) is 4.58. The Kier molecular flexibility index (Phi) is 3.36.